The Kier molecular flexibility index (Phi) is 14.5. The maximum absolute atomic E-state index is 13.4. The third-order valence-corrected chi connectivity index (χ3v) is 6.61. The molecule has 10 heteroatoms. The van der Waals surface area contributed by atoms with Crippen LogP contribution in [0.15, 0.2) is 72.0 Å². The van der Waals surface area contributed by atoms with Crippen molar-refractivity contribution in [1.29, 1.82) is 0 Å². The minimum atomic E-state index is -1.43. The number of hydrogen-bond donors (Lipinski definition) is 1. The Morgan fingerprint density at radius 2 is 1.47 bits per heavy atom. The SMILES string of the molecule is CCCC/C(CC(=O)[C@H](C)NC(=O)[C@@H](CC(=O)c1ccccc1)Cc1ccccc1)=C(/OC(=O)C(=O)OC)C(=O)OCC. The molecule has 2 aromatic carbocycles. The van der Waals surface area contributed by atoms with E-state index >= 15 is 0 Å². The number of unbranched alkanes of at least 4 members (excludes halogenated alkanes) is 1. The summed E-state index contributed by atoms with van der Waals surface area (Å²) in [5.41, 5.74) is 1.50. The molecule has 0 radical (unpaired) electrons. The van der Waals surface area contributed by atoms with Gasteiger partial charge in [-0.3, -0.25) is 14.4 Å². The quantitative estimate of drug-likeness (QED) is 0.0752. The standard InChI is InChI=1S/C33H39NO9/c1-5-7-16-25(29(31(38)42-6-2)43-33(40)32(39)41-4)20-27(35)22(3)34-30(37)26(19-23-14-10-8-11-15-23)21-28(36)24-17-12-9-13-18-24/h8-15,17-18,22,26H,5-7,16,19-21H2,1-4H3,(H,34,37)/b29-25-/t22-,26+/m0/s1. The van der Waals surface area contributed by atoms with Gasteiger partial charge in [0.1, 0.15) is 0 Å². The van der Waals surface area contributed by atoms with Crippen LogP contribution < -0.4 is 5.32 Å². The number of carbonyl (C=O) groups excluding carboxylic acids is 6. The van der Waals surface area contributed by atoms with Crippen molar-refractivity contribution < 1.29 is 43.0 Å². The Hall–Kier alpha value is -4.60. The minimum absolute atomic E-state index is 0.0376. The van der Waals surface area contributed by atoms with Crippen LogP contribution in [0.1, 0.15) is 68.8 Å². The van der Waals surface area contributed by atoms with Gasteiger partial charge in [-0.25, -0.2) is 14.4 Å². The molecule has 230 valence electrons. The van der Waals surface area contributed by atoms with Crippen molar-refractivity contribution in [2.45, 2.75) is 65.3 Å². The summed E-state index contributed by atoms with van der Waals surface area (Å²) in [6.45, 7) is 4.92. The van der Waals surface area contributed by atoms with Gasteiger partial charge in [0.05, 0.1) is 19.8 Å². The van der Waals surface area contributed by atoms with E-state index in [1.807, 2.05) is 37.3 Å². The van der Waals surface area contributed by atoms with Gasteiger partial charge in [-0.15, -0.1) is 0 Å². The lowest BCUT2D eigenvalue weighted by Crippen LogP contribution is -2.43. The van der Waals surface area contributed by atoms with Crippen LogP contribution in [0.5, 0.6) is 0 Å². The second kappa shape index (κ2) is 18.0. The largest absolute Gasteiger partial charge is 0.461 e. The summed E-state index contributed by atoms with van der Waals surface area (Å²) in [7, 11) is 0.988. The summed E-state index contributed by atoms with van der Waals surface area (Å²) >= 11 is 0. The van der Waals surface area contributed by atoms with E-state index in [1.54, 1.807) is 37.3 Å². The van der Waals surface area contributed by atoms with Gasteiger partial charge >= 0.3 is 17.9 Å². The van der Waals surface area contributed by atoms with Crippen molar-refractivity contribution in [3.8, 4) is 0 Å². The molecule has 0 heterocycles. The van der Waals surface area contributed by atoms with Crippen LogP contribution in [0.2, 0.25) is 0 Å². The lowest BCUT2D eigenvalue weighted by Gasteiger charge is -2.21. The molecule has 10 nitrogen and oxygen atoms in total. The summed E-state index contributed by atoms with van der Waals surface area (Å²) in [6, 6.07) is 16.9. The molecule has 0 bridgehead atoms. The molecule has 2 rings (SSSR count). The zero-order valence-corrected chi connectivity index (χ0v) is 25.1. The van der Waals surface area contributed by atoms with Crippen LogP contribution in [0.3, 0.4) is 0 Å². The van der Waals surface area contributed by atoms with E-state index in [0.717, 1.165) is 12.7 Å². The Morgan fingerprint density at radius 3 is 2.05 bits per heavy atom. The van der Waals surface area contributed by atoms with Crippen molar-refractivity contribution in [1.82, 2.24) is 5.32 Å². The first-order chi connectivity index (χ1) is 20.6. The van der Waals surface area contributed by atoms with Crippen LogP contribution >= 0.6 is 0 Å². The van der Waals surface area contributed by atoms with Gasteiger partial charge in [0.15, 0.2) is 11.6 Å². The zero-order valence-electron chi connectivity index (χ0n) is 25.1. The molecule has 2 aromatic rings. The normalized spacial score (nSPS) is 12.7. The fourth-order valence-electron chi connectivity index (χ4n) is 4.24. The number of ketones is 2. The van der Waals surface area contributed by atoms with Crippen LogP contribution in [0.25, 0.3) is 0 Å². The molecule has 0 saturated carbocycles. The Labute approximate surface area is 251 Å². The van der Waals surface area contributed by atoms with E-state index in [4.69, 9.17) is 9.47 Å². The predicted molar refractivity (Wildman–Crippen MR) is 158 cm³/mol. The van der Waals surface area contributed by atoms with Crippen LogP contribution in [0.4, 0.5) is 0 Å². The molecule has 0 aliphatic carbocycles. The third-order valence-electron chi connectivity index (χ3n) is 6.61. The molecule has 43 heavy (non-hydrogen) atoms. The third kappa shape index (κ3) is 11.3. The van der Waals surface area contributed by atoms with Crippen molar-refractivity contribution in [2.75, 3.05) is 13.7 Å². The van der Waals surface area contributed by atoms with Crippen molar-refractivity contribution >= 4 is 35.4 Å². The van der Waals surface area contributed by atoms with E-state index in [-0.39, 0.29) is 43.6 Å². The number of esters is 3. The predicted octanol–water partition coefficient (Wildman–Crippen LogP) is 4.31. The molecule has 0 aliphatic rings. The fourth-order valence-corrected chi connectivity index (χ4v) is 4.24. The summed E-state index contributed by atoms with van der Waals surface area (Å²) < 4.78 is 14.4. The number of Topliss-reactive ketones (excluding diaryl/α,β-unsaturated/α-hetero) is 2. The topological polar surface area (TPSA) is 142 Å². The number of nitrogens with one attached hydrogen (secondary N) is 1. The summed E-state index contributed by atoms with van der Waals surface area (Å²) in [6.07, 6.45) is 1.31. The summed E-state index contributed by atoms with van der Waals surface area (Å²) in [4.78, 5) is 76.3. The second-order valence-corrected chi connectivity index (χ2v) is 9.89. The molecule has 0 saturated heterocycles. The zero-order chi connectivity index (χ0) is 31.8. The Balaban J connectivity index is 2.28. The number of methoxy groups -OCH3 is 1. The Morgan fingerprint density at radius 1 is 0.837 bits per heavy atom. The maximum atomic E-state index is 13.4. The van der Waals surface area contributed by atoms with Crippen LogP contribution in [-0.2, 0) is 44.6 Å². The first-order valence-electron chi connectivity index (χ1n) is 14.3. The lowest BCUT2D eigenvalue weighted by molar-refractivity contribution is -0.165. The van der Waals surface area contributed by atoms with Gasteiger partial charge in [-0.05, 0) is 44.2 Å². The minimum Gasteiger partial charge on any atom is -0.461 e. The molecule has 0 fully saturated rings. The highest BCUT2D eigenvalue weighted by atomic mass is 16.6. The van der Waals surface area contributed by atoms with Crippen LogP contribution in [0, 0.1) is 5.92 Å². The summed E-state index contributed by atoms with van der Waals surface area (Å²) in [5, 5.41) is 2.72. The highest BCUT2D eigenvalue weighted by molar-refractivity contribution is 6.30. The van der Waals surface area contributed by atoms with Crippen molar-refractivity contribution in [3.05, 3.63) is 83.1 Å². The number of benzene rings is 2. The average molecular weight is 594 g/mol. The lowest BCUT2D eigenvalue weighted by atomic mass is 9.90. The molecule has 2 atom stereocenters. The number of rotatable bonds is 16. The molecule has 0 aliphatic heterocycles. The summed E-state index contributed by atoms with van der Waals surface area (Å²) in [5.74, 6) is -6.20. The molecule has 0 unspecified atom stereocenters. The molecule has 0 aromatic heterocycles. The molecular formula is C33H39NO9. The first kappa shape index (κ1) is 34.6. The smallest absolute Gasteiger partial charge is 0.423 e. The number of carbonyl (C=O) groups is 6. The first-order valence-corrected chi connectivity index (χ1v) is 14.3. The van der Waals surface area contributed by atoms with Gasteiger partial charge in [0, 0.05) is 24.3 Å². The second-order valence-electron chi connectivity index (χ2n) is 9.89. The molecule has 1 N–H and O–H groups in total. The van der Waals surface area contributed by atoms with Gasteiger partial charge in [0.2, 0.25) is 11.7 Å². The van der Waals surface area contributed by atoms with Gasteiger partial charge in [-0.2, -0.15) is 0 Å². The number of hydrogen-bond acceptors (Lipinski definition) is 9. The number of allylic oxidation sites excluding steroid dienone is 1. The van der Waals surface area contributed by atoms with Crippen LogP contribution in [-0.4, -0.2) is 55.1 Å². The number of ether oxygens (including phenoxy) is 3. The highest BCUT2D eigenvalue weighted by Crippen LogP contribution is 2.22. The van der Waals surface area contributed by atoms with Crippen molar-refractivity contribution in [3.63, 3.8) is 0 Å². The van der Waals surface area contributed by atoms with Gasteiger partial charge in [0.25, 0.3) is 0 Å². The monoisotopic (exact) mass is 593 g/mol. The van der Waals surface area contributed by atoms with Gasteiger partial charge in [-0.1, -0.05) is 74.0 Å². The van der Waals surface area contributed by atoms with Crippen molar-refractivity contribution in [2.24, 2.45) is 5.92 Å². The highest BCUT2D eigenvalue weighted by Gasteiger charge is 2.30. The van der Waals surface area contributed by atoms with E-state index in [1.165, 1.54) is 6.92 Å². The maximum Gasteiger partial charge on any atom is 0.423 e. The van der Waals surface area contributed by atoms with E-state index in [9.17, 15) is 28.8 Å². The Bertz CT molecular complexity index is 1300. The number of amides is 1. The van der Waals surface area contributed by atoms with E-state index < -0.39 is 47.3 Å². The average Bonchev–Trinajstić information content (AvgIpc) is 3.01. The molecule has 1 amide bonds. The van der Waals surface area contributed by atoms with Gasteiger partial charge < -0.3 is 19.5 Å². The van der Waals surface area contributed by atoms with E-state index in [0.29, 0.717) is 18.4 Å². The molecule has 0 spiro atoms. The fraction of sp³-hybridized carbons (Fsp3) is 0.394. The molecular weight excluding hydrogens is 554 g/mol. The van der Waals surface area contributed by atoms with E-state index in [2.05, 4.69) is 10.1 Å².